The van der Waals surface area contributed by atoms with Crippen LogP contribution in [0.1, 0.15) is 44.1 Å². The fourth-order valence-electron chi connectivity index (χ4n) is 4.92. The summed E-state index contributed by atoms with van der Waals surface area (Å²) in [7, 11) is -3.22. The molecule has 1 heterocycles. The fraction of sp³-hybridized carbons (Fsp3) is 0.440. The maximum Gasteiger partial charge on any atom is 0.214 e. The van der Waals surface area contributed by atoms with E-state index >= 15 is 4.39 Å². The van der Waals surface area contributed by atoms with Crippen LogP contribution in [0.25, 0.3) is 22.0 Å². The number of sulfonamides is 1. The van der Waals surface area contributed by atoms with E-state index in [1.165, 1.54) is 25.7 Å². The van der Waals surface area contributed by atoms with Crippen molar-refractivity contribution in [2.75, 3.05) is 6.54 Å². The van der Waals surface area contributed by atoms with Crippen molar-refractivity contribution in [1.82, 2.24) is 9.29 Å². The number of hydrogen-bond acceptors (Lipinski definition) is 2. The summed E-state index contributed by atoms with van der Waals surface area (Å²) in [5.74, 6) is 0.310. The Balaban J connectivity index is 1.50. The Hall–Kier alpha value is -1.89. The second kappa shape index (κ2) is 8.81. The molecule has 7 heteroatoms. The molecule has 1 N–H and O–H groups in total. The minimum Gasteiger partial charge on any atom is -0.347 e. The van der Waals surface area contributed by atoms with Crippen molar-refractivity contribution in [1.29, 1.82) is 0 Å². The smallest absolute Gasteiger partial charge is 0.214 e. The van der Waals surface area contributed by atoms with E-state index in [0.717, 1.165) is 35.9 Å². The molecule has 2 saturated carbocycles. The standard InChI is InChI=1S/C25H28ClFN2O2S/c26-23-8-4-3-7-20(23)22-14-25-21(13-24(22)27)18(11-12-28-32(30,31)19-9-10-19)16-29(25)15-17-5-1-2-6-17/h3-4,7-8,13-14,16-17,19,28H,1-2,5-6,9-12,15H2. The Morgan fingerprint density at radius 1 is 1.06 bits per heavy atom. The molecule has 170 valence electrons. The molecule has 2 fully saturated rings. The van der Waals surface area contributed by atoms with Crippen LogP contribution in [0, 0.1) is 11.7 Å². The first-order valence-electron chi connectivity index (χ1n) is 11.5. The van der Waals surface area contributed by atoms with Gasteiger partial charge in [-0.25, -0.2) is 17.5 Å². The van der Waals surface area contributed by atoms with Crippen LogP contribution in [0.3, 0.4) is 0 Å². The summed E-state index contributed by atoms with van der Waals surface area (Å²) >= 11 is 6.37. The van der Waals surface area contributed by atoms with Gasteiger partial charge in [-0.05, 0) is 61.8 Å². The first-order chi connectivity index (χ1) is 15.4. The number of nitrogens with zero attached hydrogens (tertiary/aromatic N) is 1. The van der Waals surface area contributed by atoms with Crippen LogP contribution in [-0.2, 0) is 23.0 Å². The van der Waals surface area contributed by atoms with Gasteiger partial charge in [-0.3, -0.25) is 0 Å². The van der Waals surface area contributed by atoms with Crippen molar-refractivity contribution in [3.63, 3.8) is 0 Å². The second-order valence-corrected chi connectivity index (χ2v) is 11.6. The number of rotatable bonds is 8. The first kappa shape index (κ1) is 21.9. The van der Waals surface area contributed by atoms with Crippen LogP contribution in [0.5, 0.6) is 0 Å². The summed E-state index contributed by atoms with van der Waals surface area (Å²) in [5, 5.41) is 1.14. The number of halogens is 2. The van der Waals surface area contributed by atoms with Gasteiger partial charge in [-0.2, -0.15) is 0 Å². The lowest BCUT2D eigenvalue weighted by Crippen LogP contribution is -2.29. The zero-order chi connectivity index (χ0) is 22.3. The normalized spacial score (nSPS) is 17.4. The van der Waals surface area contributed by atoms with Gasteiger partial charge in [0.25, 0.3) is 0 Å². The van der Waals surface area contributed by atoms with E-state index < -0.39 is 10.0 Å². The molecule has 3 aromatic rings. The van der Waals surface area contributed by atoms with E-state index in [1.54, 1.807) is 12.1 Å². The quantitative estimate of drug-likeness (QED) is 0.441. The van der Waals surface area contributed by atoms with E-state index in [2.05, 4.69) is 15.5 Å². The largest absolute Gasteiger partial charge is 0.347 e. The van der Waals surface area contributed by atoms with Crippen molar-refractivity contribution in [3.8, 4) is 11.1 Å². The lowest BCUT2D eigenvalue weighted by atomic mass is 10.0. The molecule has 2 aliphatic rings. The average Bonchev–Trinajstić information content (AvgIpc) is 3.43. The van der Waals surface area contributed by atoms with E-state index in [9.17, 15) is 8.42 Å². The predicted molar refractivity (Wildman–Crippen MR) is 128 cm³/mol. The number of aromatic nitrogens is 1. The Kier molecular flexibility index (Phi) is 6.03. The Morgan fingerprint density at radius 2 is 1.81 bits per heavy atom. The van der Waals surface area contributed by atoms with E-state index in [1.807, 2.05) is 24.3 Å². The highest BCUT2D eigenvalue weighted by atomic mass is 35.5. The summed E-state index contributed by atoms with van der Waals surface area (Å²) in [5.41, 5.74) is 3.13. The highest BCUT2D eigenvalue weighted by Crippen LogP contribution is 2.36. The minimum absolute atomic E-state index is 0.234. The zero-order valence-electron chi connectivity index (χ0n) is 18.0. The molecule has 2 aliphatic carbocycles. The van der Waals surface area contributed by atoms with Gasteiger partial charge in [-0.1, -0.05) is 42.6 Å². The molecule has 4 nitrogen and oxygen atoms in total. The van der Waals surface area contributed by atoms with Crippen LogP contribution in [0.15, 0.2) is 42.6 Å². The van der Waals surface area contributed by atoms with Crippen molar-refractivity contribution in [2.24, 2.45) is 5.92 Å². The molecule has 0 spiro atoms. The third kappa shape index (κ3) is 4.45. The zero-order valence-corrected chi connectivity index (χ0v) is 19.6. The summed E-state index contributed by atoms with van der Waals surface area (Å²) in [6.45, 7) is 1.23. The third-order valence-electron chi connectivity index (χ3n) is 6.81. The predicted octanol–water partition coefficient (Wildman–Crippen LogP) is 5.92. The van der Waals surface area contributed by atoms with Crippen LogP contribution in [-0.4, -0.2) is 24.8 Å². The van der Waals surface area contributed by atoms with Crippen molar-refractivity contribution in [3.05, 3.63) is 59.0 Å². The van der Waals surface area contributed by atoms with Crippen LogP contribution >= 0.6 is 11.6 Å². The van der Waals surface area contributed by atoms with Crippen molar-refractivity contribution >= 4 is 32.5 Å². The third-order valence-corrected chi connectivity index (χ3v) is 9.09. The van der Waals surface area contributed by atoms with Crippen molar-refractivity contribution in [2.45, 2.75) is 56.7 Å². The summed E-state index contributed by atoms with van der Waals surface area (Å²) < 4.78 is 44.5. The molecule has 5 rings (SSSR count). The fourth-order valence-corrected chi connectivity index (χ4v) is 6.53. The van der Waals surface area contributed by atoms with Gasteiger partial charge in [0.05, 0.1) is 5.25 Å². The Morgan fingerprint density at radius 3 is 2.53 bits per heavy atom. The first-order valence-corrected chi connectivity index (χ1v) is 13.4. The maximum atomic E-state index is 15.2. The molecular weight excluding hydrogens is 447 g/mol. The Bertz CT molecular complexity index is 1240. The monoisotopic (exact) mass is 474 g/mol. The van der Waals surface area contributed by atoms with Crippen molar-refractivity contribution < 1.29 is 12.8 Å². The molecule has 0 unspecified atom stereocenters. The molecular formula is C25H28ClFN2O2S. The lowest BCUT2D eigenvalue weighted by Gasteiger charge is -2.13. The summed E-state index contributed by atoms with van der Waals surface area (Å²) in [6.07, 6.45) is 9.06. The Labute approximate surface area is 193 Å². The molecule has 32 heavy (non-hydrogen) atoms. The highest BCUT2D eigenvalue weighted by Gasteiger charge is 2.35. The molecule has 0 amide bonds. The van der Waals surface area contributed by atoms with Crippen LogP contribution in [0.2, 0.25) is 5.02 Å². The number of hydrogen-bond donors (Lipinski definition) is 1. The topological polar surface area (TPSA) is 51.1 Å². The molecule has 1 aromatic heterocycles. The molecule has 0 atom stereocenters. The molecule has 0 radical (unpaired) electrons. The van der Waals surface area contributed by atoms with E-state index in [4.69, 9.17) is 11.6 Å². The molecule has 0 aliphatic heterocycles. The van der Waals surface area contributed by atoms with E-state index in [-0.39, 0.29) is 11.1 Å². The van der Waals surface area contributed by atoms with Crippen LogP contribution in [0.4, 0.5) is 4.39 Å². The van der Waals surface area contributed by atoms with Gasteiger partial charge in [0.1, 0.15) is 5.82 Å². The van der Waals surface area contributed by atoms with Gasteiger partial charge in [0.2, 0.25) is 10.0 Å². The van der Waals surface area contributed by atoms with Crippen LogP contribution < -0.4 is 4.72 Å². The maximum absolute atomic E-state index is 15.2. The summed E-state index contributed by atoms with van der Waals surface area (Å²) in [6, 6.07) is 10.8. The molecule has 0 bridgehead atoms. The lowest BCUT2D eigenvalue weighted by molar-refractivity contribution is 0.465. The molecule has 0 saturated heterocycles. The van der Waals surface area contributed by atoms with Gasteiger partial charge in [0.15, 0.2) is 0 Å². The van der Waals surface area contributed by atoms with Gasteiger partial charge in [0, 0.05) is 46.3 Å². The number of nitrogens with one attached hydrogen (secondary N) is 1. The van der Waals surface area contributed by atoms with Gasteiger partial charge >= 0.3 is 0 Å². The highest BCUT2D eigenvalue weighted by molar-refractivity contribution is 7.90. The van der Waals surface area contributed by atoms with Gasteiger partial charge < -0.3 is 4.57 Å². The summed E-state index contributed by atoms with van der Waals surface area (Å²) in [4.78, 5) is 0. The minimum atomic E-state index is -3.22. The number of fused-ring (bicyclic) bond motifs is 1. The average molecular weight is 475 g/mol. The second-order valence-electron chi connectivity index (χ2n) is 9.17. The number of benzene rings is 2. The molecule has 2 aromatic carbocycles. The van der Waals surface area contributed by atoms with E-state index in [0.29, 0.717) is 35.0 Å². The SMILES string of the molecule is O=S(=O)(NCCc1cn(CC2CCCC2)c2cc(-c3ccccc3Cl)c(F)cc12)C1CC1. The van der Waals surface area contributed by atoms with Gasteiger partial charge in [-0.15, -0.1) is 0 Å².